The van der Waals surface area contributed by atoms with Crippen LogP contribution in [0.1, 0.15) is 11.3 Å². The molecule has 0 saturated heterocycles. The summed E-state index contributed by atoms with van der Waals surface area (Å²) in [6, 6.07) is 13.1. The lowest BCUT2D eigenvalue weighted by Crippen LogP contribution is -1.79. The summed E-state index contributed by atoms with van der Waals surface area (Å²) >= 11 is 5.77. The molecule has 72 valence electrons. The van der Waals surface area contributed by atoms with Crippen molar-refractivity contribution in [3.63, 3.8) is 0 Å². The minimum atomic E-state index is 0.721. The molecule has 1 aromatic heterocycles. The first-order valence-electron chi connectivity index (χ1n) is 4.53. The summed E-state index contributed by atoms with van der Waals surface area (Å²) in [5, 5.41) is 0.721. The highest BCUT2D eigenvalue weighted by Crippen LogP contribution is 2.08. The smallest absolute Gasteiger partial charge is 0.113 e. The fourth-order valence-electron chi connectivity index (χ4n) is 1.11. The van der Waals surface area contributed by atoms with Crippen LogP contribution in [-0.4, -0.2) is 4.98 Å². The van der Waals surface area contributed by atoms with Gasteiger partial charge in [0, 0.05) is 16.8 Å². The van der Waals surface area contributed by atoms with Gasteiger partial charge >= 0.3 is 0 Å². The highest BCUT2D eigenvalue weighted by atomic mass is 35.5. The van der Waals surface area contributed by atoms with Crippen LogP contribution >= 0.6 is 11.6 Å². The zero-order valence-corrected chi connectivity index (χ0v) is 8.70. The lowest BCUT2D eigenvalue weighted by molar-refractivity contribution is 1.29. The van der Waals surface area contributed by atoms with Crippen molar-refractivity contribution >= 4 is 11.6 Å². The van der Waals surface area contributed by atoms with Gasteiger partial charge in [-0.15, -0.1) is 0 Å². The van der Waals surface area contributed by atoms with Gasteiger partial charge in [0.15, 0.2) is 0 Å². The molecule has 0 saturated carbocycles. The second kappa shape index (κ2) is 4.63. The van der Waals surface area contributed by atoms with Gasteiger partial charge in [0.25, 0.3) is 0 Å². The van der Waals surface area contributed by atoms with Gasteiger partial charge in [0.2, 0.25) is 0 Å². The molecule has 0 bridgehead atoms. The number of benzene rings is 1. The molecular weight excluding hydrogens is 206 g/mol. The van der Waals surface area contributed by atoms with E-state index in [1.807, 2.05) is 42.5 Å². The lowest BCUT2D eigenvalue weighted by Gasteiger charge is -1.90. The Morgan fingerprint density at radius 3 is 2.40 bits per heavy atom. The number of halogens is 1. The van der Waals surface area contributed by atoms with Gasteiger partial charge in [-0.2, -0.15) is 0 Å². The molecule has 2 rings (SSSR count). The number of aromatic nitrogens is 1. The molecule has 0 aliphatic rings. The normalized spacial score (nSPS) is 9.13. The Labute approximate surface area is 93.7 Å². The van der Waals surface area contributed by atoms with Crippen molar-refractivity contribution in [2.45, 2.75) is 0 Å². The fraction of sp³-hybridized carbons (Fsp3) is 0. The van der Waals surface area contributed by atoms with Gasteiger partial charge in [-0.05, 0) is 42.3 Å². The molecule has 0 spiro atoms. The third kappa shape index (κ3) is 2.83. The molecule has 0 aliphatic carbocycles. The van der Waals surface area contributed by atoms with Crippen molar-refractivity contribution in [2.24, 2.45) is 0 Å². The van der Waals surface area contributed by atoms with E-state index < -0.39 is 0 Å². The Morgan fingerprint density at radius 2 is 1.73 bits per heavy atom. The van der Waals surface area contributed by atoms with Crippen LogP contribution in [0.3, 0.4) is 0 Å². The largest absolute Gasteiger partial charge is 0.248 e. The predicted molar refractivity (Wildman–Crippen MR) is 61.7 cm³/mol. The van der Waals surface area contributed by atoms with Crippen LogP contribution in [0, 0.1) is 11.8 Å². The summed E-state index contributed by atoms with van der Waals surface area (Å²) < 4.78 is 0. The van der Waals surface area contributed by atoms with Crippen LogP contribution < -0.4 is 0 Å². The lowest BCUT2D eigenvalue weighted by atomic mass is 10.2. The second-order valence-electron chi connectivity index (χ2n) is 2.97. The third-order valence-corrected chi connectivity index (χ3v) is 2.10. The van der Waals surface area contributed by atoms with E-state index in [0.29, 0.717) is 0 Å². The Hall–Kier alpha value is -1.78. The zero-order chi connectivity index (χ0) is 10.5. The number of hydrogen-bond donors (Lipinski definition) is 0. The van der Waals surface area contributed by atoms with Gasteiger partial charge < -0.3 is 0 Å². The van der Waals surface area contributed by atoms with Crippen LogP contribution in [0.4, 0.5) is 0 Å². The summed E-state index contributed by atoms with van der Waals surface area (Å²) in [6.07, 6.45) is 1.73. The molecule has 0 radical (unpaired) electrons. The molecule has 1 aromatic carbocycles. The van der Waals surface area contributed by atoms with Crippen LogP contribution in [0.2, 0.25) is 5.02 Å². The number of nitrogens with zero attached hydrogens (tertiary/aromatic N) is 1. The van der Waals surface area contributed by atoms with Gasteiger partial charge in [-0.25, -0.2) is 4.98 Å². The van der Waals surface area contributed by atoms with Crippen molar-refractivity contribution in [2.75, 3.05) is 0 Å². The minimum absolute atomic E-state index is 0.721. The van der Waals surface area contributed by atoms with Gasteiger partial charge in [0.1, 0.15) is 5.69 Å². The van der Waals surface area contributed by atoms with Crippen molar-refractivity contribution < 1.29 is 0 Å². The molecule has 1 heterocycles. The van der Waals surface area contributed by atoms with Crippen molar-refractivity contribution in [1.82, 2.24) is 4.98 Å². The van der Waals surface area contributed by atoms with E-state index in [1.165, 1.54) is 0 Å². The van der Waals surface area contributed by atoms with Crippen molar-refractivity contribution in [3.8, 4) is 11.8 Å². The molecular formula is C13H8ClN. The molecule has 0 fully saturated rings. The summed E-state index contributed by atoms with van der Waals surface area (Å²) in [6.45, 7) is 0. The topological polar surface area (TPSA) is 12.9 Å². The quantitative estimate of drug-likeness (QED) is 0.613. The molecule has 0 N–H and O–H groups in total. The molecule has 0 amide bonds. The van der Waals surface area contributed by atoms with Crippen LogP contribution in [0.5, 0.6) is 0 Å². The first-order chi connectivity index (χ1) is 7.34. The first kappa shape index (κ1) is 9.76. The number of pyridine rings is 1. The third-order valence-electron chi connectivity index (χ3n) is 1.84. The standard InChI is InChI=1S/C13H8ClN/c14-12-7-4-11(5-8-12)6-9-13-3-1-2-10-15-13/h1-5,7-8,10H. The molecule has 1 nitrogen and oxygen atoms in total. The van der Waals surface area contributed by atoms with E-state index in [0.717, 1.165) is 16.3 Å². The summed E-state index contributed by atoms with van der Waals surface area (Å²) in [7, 11) is 0. The Morgan fingerprint density at radius 1 is 0.933 bits per heavy atom. The predicted octanol–water partition coefficient (Wildman–Crippen LogP) is 3.13. The van der Waals surface area contributed by atoms with E-state index >= 15 is 0 Å². The van der Waals surface area contributed by atoms with Crippen molar-refractivity contribution in [1.29, 1.82) is 0 Å². The molecule has 2 heteroatoms. The maximum Gasteiger partial charge on any atom is 0.113 e. The highest BCUT2D eigenvalue weighted by Gasteiger charge is 1.88. The van der Waals surface area contributed by atoms with Crippen LogP contribution in [0.25, 0.3) is 0 Å². The molecule has 0 aliphatic heterocycles. The van der Waals surface area contributed by atoms with Gasteiger partial charge in [0.05, 0.1) is 0 Å². The first-order valence-corrected chi connectivity index (χ1v) is 4.91. The monoisotopic (exact) mass is 213 g/mol. The molecule has 15 heavy (non-hydrogen) atoms. The van der Waals surface area contributed by atoms with Crippen LogP contribution in [0.15, 0.2) is 48.7 Å². The fourth-order valence-corrected chi connectivity index (χ4v) is 1.23. The summed E-state index contributed by atoms with van der Waals surface area (Å²) in [4.78, 5) is 4.11. The van der Waals surface area contributed by atoms with Gasteiger partial charge in [-0.3, -0.25) is 0 Å². The van der Waals surface area contributed by atoms with E-state index in [-0.39, 0.29) is 0 Å². The van der Waals surface area contributed by atoms with E-state index in [9.17, 15) is 0 Å². The second-order valence-corrected chi connectivity index (χ2v) is 3.41. The Balaban J connectivity index is 2.22. The summed E-state index contributed by atoms with van der Waals surface area (Å²) in [5.74, 6) is 5.99. The SMILES string of the molecule is Clc1ccc(C#Cc2ccccn2)cc1. The Kier molecular flexibility index (Phi) is 3.02. The average Bonchev–Trinajstić information content (AvgIpc) is 2.30. The molecule has 2 aromatic rings. The molecule has 0 atom stereocenters. The maximum absolute atomic E-state index is 5.77. The van der Waals surface area contributed by atoms with Crippen LogP contribution in [-0.2, 0) is 0 Å². The van der Waals surface area contributed by atoms with E-state index in [4.69, 9.17) is 11.6 Å². The summed E-state index contributed by atoms with van der Waals surface area (Å²) in [5.41, 5.74) is 1.71. The number of rotatable bonds is 0. The number of hydrogen-bond acceptors (Lipinski definition) is 1. The Bertz CT molecular complexity index is 492. The maximum atomic E-state index is 5.77. The van der Waals surface area contributed by atoms with Gasteiger partial charge in [-0.1, -0.05) is 23.6 Å². The van der Waals surface area contributed by atoms with E-state index in [2.05, 4.69) is 16.8 Å². The minimum Gasteiger partial charge on any atom is -0.248 e. The van der Waals surface area contributed by atoms with E-state index in [1.54, 1.807) is 6.20 Å². The molecule has 0 unspecified atom stereocenters. The average molecular weight is 214 g/mol. The highest BCUT2D eigenvalue weighted by molar-refractivity contribution is 6.30. The van der Waals surface area contributed by atoms with Crippen molar-refractivity contribution in [3.05, 3.63) is 64.9 Å². The zero-order valence-electron chi connectivity index (χ0n) is 7.94.